The summed E-state index contributed by atoms with van der Waals surface area (Å²) in [5.41, 5.74) is 0.0975. The fourth-order valence-electron chi connectivity index (χ4n) is 2.89. The van der Waals surface area contributed by atoms with Gasteiger partial charge in [0.1, 0.15) is 11.6 Å². The summed E-state index contributed by atoms with van der Waals surface area (Å²) in [6.07, 6.45) is -0.884. The fraction of sp³-hybridized carbons (Fsp3) is 0.200. The second kappa shape index (κ2) is 7.40. The van der Waals surface area contributed by atoms with E-state index in [0.717, 1.165) is 15.3 Å². The number of aromatic nitrogens is 1. The number of benzene rings is 2. The largest absolute Gasteiger partial charge is 0.493 e. The Hall–Kier alpha value is -3.50. The van der Waals surface area contributed by atoms with E-state index in [0.29, 0.717) is 5.69 Å². The highest BCUT2D eigenvalue weighted by Crippen LogP contribution is 2.30. The second-order valence-electron chi connectivity index (χ2n) is 6.25. The minimum absolute atomic E-state index is 0.0436. The zero-order valence-electron chi connectivity index (χ0n) is 14.9. The molecule has 0 aliphatic rings. The maximum Gasteiger partial charge on any atom is 0.281 e. The Morgan fingerprint density at radius 2 is 1.89 bits per heavy atom. The number of azo groups is 1. The van der Waals surface area contributed by atoms with Crippen LogP contribution in [0.1, 0.15) is 18.1 Å². The minimum Gasteiger partial charge on any atom is -0.493 e. The highest BCUT2D eigenvalue weighted by Gasteiger charge is 2.20. The second-order valence-corrected chi connectivity index (χ2v) is 6.25. The minimum atomic E-state index is -0.884. The van der Waals surface area contributed by atoms with Crippen LogP contribution in [-0.2, 0) is 6.54 Å². The van der Waals surface area contributed by atoms with E-state index in [2.05, 4.69) is 10.2 Å². The Morgan fingerprint density at radius 3 is 2.59 bits per heavy atom. The van der Waals surface area contributed by atoms with Crippen LogP contribution in [0.15, 0.2) is 57.5 Å². The number of pyridine rings is 1. The van der Waals surface area contributed by atoms with Crippen LogP contribution in [0, 0.1) is 18.3 Å². The predicted molar refractivity (Wildman–Crippen MR) is 102 cm³/mol. The van der Waals surface area contributed by atoms with E-state index in [1.165, 1.54) is 13.8 Å². The molecule has 7 heteroatoms. The lowest BCUT2D eigenvalue weighted by Crippen LogP contribution is -2.26. The lowest BCUT2D eigenvalue weighted by atomic mass is 10.1. The lowest BCUT2D eigenvalue weighted by Gasteiger charge is -2.14. The average molecular weight is 362 g/mol. The van der Waals surface area contributed by atoms with Crippen LogP contribution in [-0.4, -0.2) is 20.9 Å². The Kier molecular flexibility index (Phi) is 5.01. The SMILES string of the molecule is Cc1c(C#N)c(O)n(CC(C)O)c(=O)c1N=Nc1cccc2ccccc12. The zero-order chi connectivity index (χ0) is 19.6. The van der Waals surface area contributed by atoms with Gasteiger partial charge in [-0.05, 0) is 25.3 Å². The van der Waals surface area contributed by atoms with Crippen LogP contribution in [0.3, 0.4) is 0 Å². The first-order chi connectivity index (χ1) is 12.9. The number of hydrogen-bond acceptors (Lipinski definition) is 6. The van der Waals surface area contributed by atoms with Gasteiger partial charge >= 0.3 is 0 Å². The third kappa shape index (κ3) is 3.43. The summed E-state index contributed by atoms with van der Waals surface area (Å²) in [6.45, 7) is 2.86. The van der Waals surface area contributed by atoms with E-state index < -0.39 is 17.5 Å². The van der Waals surface area contributed by atoms with Crippen molar-refractivity contribution >= 4 is 22.1 Å². The molecule has 0 amide bonds. The molecule has 1 atom stereocenters. The van der Waals surface area contributed by atoms with Gasteiger partial charge in [-0.25, -0.2) is 0 Å². The molecule has 3 aromatic rings. The number of aromatic hydroxyl groups is 1. The predicted octanol–water partition coefficient (Wildman–Crippen LogP) is 3.68. The van der Waals surface area contributed by atoms with E-state index in [1.54, 1.807) is 6.07 Å². The molecule has 0 spiro atoms. The normalized spacial score (nSPS) is 12.4. The fourth-order valence-corrected chi connectivity index (χ4v) is 2.89. The van der Waals surface area contributed by atoms with Gasteiger partial charge in [0.2, 0.25) is 5.88 Å². The number of nitriles is 1. The molecular formula is C20H18N4O3. The molecule has 2 N–H and O–H groups in total. The summed E-state index contributed by atoms with van der Waals surface area (Å²) in [7, 11) is 0. The first-order valence-electron chi connectivity index (χ1n) is 8.38. The summed E-state index contributed by atoms with van der Waals surface area (Å²) < 4.78 is 0.938. The Balaban J connectivity index is 2.18. The van der Waals surface area contributed by atoms with Gasteiger partial charge in [0.15, 0.2) is 5.69 Å². The molecule has 0 saturated heterocycles. The Bertz CT molecular complexity index is 1140. The lowest BCUT2D eigenvalue weighted by molar-refractivity contribution is 0.167. The molecule has 27 heavy (non-hydrogen) atoms. The zero-order valence-corrected chi connectivity index (χ0v) is 14.9. The topological polar surface area (TPSA) is 111 Å². The third-order valence-corrected chi connectivity index (χ3v) is 4.24. The molecule has 0 bridgehead atoms. The van der Waals surface area contributed by atoms with Gasteiger partial charge in [-0.2, -0.15) is 5.26 Å². The van der Waals surface area contributed by atoms with Crippen molar-refractivity contribution in [3.05, 3.63) is 63.9 Å². The summed E-state index contributed by atoms with van der Waals surface area (Å²) in [4.78, 5) is 12.7. The van der Waals surface area contributed by atoms with Crippen LogP contribution < -0.4 is 5.56 Å². The molecule has 7 nitrogen and oxygen atoms in total. The van der Waals surface area contributed by atoms with Gasteiger partial charge in [-0.1, -0.05) is 36.4 Å². The molecule has 0 fully saturated rings. The van der Waals surface area contributed by atoms with Gasteiger partial charge in [-0.15, -0.1) is 10.2 Å². The van der Waals surface area contributed by atoms with Crippen molar-refractivity contribution in [3.63, 3.8) is 0 Å². The van der Waals surface area contributed by atoms with Crippen molar-refractivity contribution in [2.75, 3.05) is 0 Å². The summed E-state index contributed by atoms with van der Waals surface area (Å²) in [6, 6.07) is 15.1. The number of hydrogen-bond donors (Lipinski definition) is 2. The maximum absolute atomic E-state index is 12.7. The third-order valence-electron chi connectivity index (χ3n) is 4.24. The smallest absolute Gasteiger partial charge is 0.281 e. The number of aliphatic hydroxyl groups excluding tert-OH is 1. The molecule has 2 aromatic carbocycles. The molecule has 1 heterocycles. The van der Waals surface area contributed by atoms with Crippen molar-refractivity contribution < 1.29 is 10.2 Å². The van der Waals surface area contributed by atoms with Crippen LogP contribution in [0.25, 0.3) is 10.8 Å². The average Bonchev–Trinajstić information content (AvgIpc) is 2.65. The standard InChI is InChI=1S/C20H18N4O3/c1-12(25)11-24-19(26)16(10-21)13(2)18(20(24)27)23-22-17-9-5-7-14-6-3-4-8-15(14)17/h3-9,12,25-26H,11H2,1-2H3. The van der Waals surface area contributed by atoms with Crippen LogP contribution in [0.5, 0.6) is 5.88 Å². The van der Waals surface area contributed by atoms with Gasteiger partial charge in [0.05, 0.1) is 18.3 Å². The number of nitrogens with zero attached hydrogens (tertiary/aromatic N) is 4. The van der Waals surface area contributed by atoms with Crippen LogP contribution in [0.4, 0.5) is 11.4 Å². The molecule has 0 aliphatic carbocycles. The van der Waals surface area contributed by atoms with Crippen LogP contribution in [0.2, 0.25) is 0 Å². The highest BCUT2D eigenvalue weighted by atomic mass is 16.3. The van der Waals surface area contributed by atoms with Crippen molar-refractivity contribution in [3.8, 4) is 11.9 Å². The van der Waals surface area contributed by atoms with Gasteiger partial charge in [0.25, 0.3) is 5.56 Å². The van der Waals surface area contributed by atoms with E-state index >= 15 is 0 Å². The quantitative estimate of drug-likeness (QED) is 0.690. The maximum atomic E-state index is 12.7. The molecular weight excluding hydrogens is 344 g/mol. The number of fused-ring (bicyclic) bond motifs is 1. The van der Waals surface area contributed by atoms with E-state index in [4.69, 9.17) is 0 Å². The van der Waals surface area contributed by atoms with Gasteiger partial charge in [0, 0.05) is 10.9 Å². The molecule has 136 valence electrons. The molecule has 0 radical (unpaired) electrons. The first kappa shape index (κ1) is 18.3. The molecule has 0 aliphatic heterocycles. The summed E-state index contributed by atoms with van der Waals surface area (Å²) in [5.74, 6) is -0.481. The molecule has 1 aromatic heterocycles. The summed E-state index contributed by atoms with van der Waals surface area (Å²) >= 11 is 0. The van der Waals surface area contributed by atoms with Gasteiger partial charge < -0.3 is 10.2 Å². The van der Waals surface area contributed by atoms with Crippen molar-refractivity contribution in [2.24, 2.45) is 10.2 Å². The van der Waals surface area contributed by atoms with Crippen molar-refractivity contribution in [2.45, 2.75) is 26.5 Å². The van der Waals surface area contributed by atoms with E-state index in [1.807, 2.05) is 42.5 Å². The first-order valence-corrected chi connectivity index (χ1v) is 8.38. The summed E-state index contributed by atoms with van der Waals surface area (Å²) in [5, 5.41) is 39.3. The van der Waals surface area contributed by atoms with Crippen molar-refractivity contribution in [1.29, 1.82) is 5.26 Å². The van der Waals surface area contributed by atoms with Gasteiger partial charge in [-0.3, -0.25) is 9.36 Å². The number of aliphatic hydroxyl groups is 1. The van der Waals surface area contributed by atoms with E-state index in [9.17, 15) is 20.3 Å². The number of rotatable bonds is 4. The Labute approximate surface area is 155 Å². The van der Waals surface area contributed by atoms with Crippen molar-refractivity contribution in [1.82, 2.24) is 4.57 Å². The monoisotopic (exact) mass is 362 g/mol. The molecule has 0 saturated carbocycles. The van der Waals surface area contributed by atoms with Crippen LogP contribution >= 0.6 is 0 Å². The Morgan fingerprint density at radius 1 is 1.19 bits per heavy atom. The van der Waals surface area contributed by atoms with E-state index in [-0.39, 0.29) is 23.4 Å². The highest BCUT2D eigenvalue weighted by molar-refractivity contribution is 5.92. The molecule has 1 unspecified atom stereocenters. The molecule has 3 rings (SSSR count).